The molecule has 78 valence electrons. The number of nitriles is 1. The largest absolute Gasteiger partial charge is 0.351 e. The van der Waals surface area contributed by atoms with Crippen LogP contribution in [-0.4, -0.2) is 18.8 Å². The molecule has 0 aliphatic carbocycles. The topological polar surface area (TPSA) is 101 Å². The third kappa shape index (κ3) is 8.14. The lowest BCUT2D eigenvalue weighted by molar-refractivity contribution is -0.334. The highest BCUT2D eigenvalue weighted by molar-refractivity contribution is 7.71. The van der Waals surface area contributed by atoms with Gasteiger partial charge in [-0.25, -0.2) is 0 Å². The van der Waals surface area contributed by atoms with E-state index in [2.05, 4.69) is 0 Å². The number of hydrogen-bond acceptors (Lipinski definition) is 5. The summed E-state index contributed by atoms with van der Waals surface area (Å²) in [5.74, 6) is 0. The van der Waals surface area contributed by atoms with E-state index in [4.69, 9.17) is 15.4 Å². The Morgan fingerprint density at radius 2 is 1.87 bits per heavy atom. The van der Waals surface area contributed by atoms with E-state index in [0.29, 0.717) is 5.56 Å². The van der Waals surface area contributed by atoms with E-state index in [1.165, 1.54) is 0 Å². The molecule has 7 heteroatoms. The number of nitro groups is 1. The molecular weight excluding hydrogens is 220 g/mol. The molecule has 0 amide bonds. The molecular formula is C8H6N2O4S. The van der Waals surface area contributed by atoms with Gasteiger partial charge in [-0.15, -0.1) is 0 Å². The summed E-state index contributed by atoms with van der Waals surface area (Å²) in [5, 5.41) is 17.5. The predicted molar refractivity (Wildman–Crippen MR) is 53.1 cm³/mol. The van der Waals surface area contributed by atoms with Gasteiger partial charge in [0, 0.05) is 0 Å². The summed E-state index contributed by atoms with van der Waals surface area (Å²) in [4.78, 5) is 8.13. The molecule has 1 aromatic rings. The molecule has 0 aromatic heterocycles. The third-order valence-electron chi connectivity index (χ3n) is 1.08. The Kier molecular flexibility index (Phi) is 6.17. The van der Waals surface area contributed by atoms with E-state index in [0.717, 1.165) is 0 Å². The fourth-order valence-corrected chi connectivity index (χ4v) is 0.724. The molecule has 0 N–H and O–H groups in total. The van der Waals surface area contributed by atoms with Crippen molar-refractivity contribution in [2.24, 2.45) is 0 Å². The lowest BCUT2D eigenvalue weighted by atomic mass is 10.2. The second kappa shape index (κ2) is 7.23. The van der Waals surface area contributed by atoms with Gasteiger partial charge in [0.25, 0.3) is 10.3 Å². The molecule has 1 rings (SSSR count). The minimum Gasteiger partial charge on any atom is -0.258 e. The highest BCUT2D eigenvalue weighted by Crippen LogP contribution is 1.93. The number of hydrogen-bond donors (Lipinski definition) is 0. The minimum atomic E-state index is -2.67. The van der Waals surface area contributed by atoms with Crippen molar-refractivity contribution >= 4 is 15.8 Å². The molecule has 0 saturated heterocycles. The van der Waals surface area contributed by atoms with E-state index in [1.807, 2.05) is 24.3 Å². The fraction of sp³-hybridized carbons (Fsp3) is 0. The molecule has 0 fully saturated rings. The minimum absolute atomic E-state index is 0.0278. The van der Waals surface area contributed by atoms with E-state index >= 15 is 0 Å². The van der Waals surface area contributed by atoms with Crippen LogP contribution in [0.2, 0.25) is 0 Å². The molecule has 0 aliphatic heterocycles. The molecule has 0 aliphatic rings. The van der Waals surface area contributed by atoms with Gasteiger partial charge in [-0.05, 0) is 12.1 Å². The van der Waals surface area contributed by atoms with Crippen LogP contribution in [0.15, 0.2) is 30.3 Å². The average molecular weight is 226 g/mol. The zero-order valence-corrected chi connectivity index (χ0v) is 8.22. The monoisotopic (exact) mass is 226 g/mol. The summed E-state index contributed by atoms with van der Waals surface area (Å²) in [7, 11) is -2.67. The first-order valence-electron chi connectivity index (χ1n) is 3.58. The van der Waals surface area contributed by atoms with Gasteiger partial charge >= 0.3 is 5.49 Å². The second-order valence-electron chi connectivity index (χ2n) is 2.13. The molecule has 0 radical (unpaired) electrons. The van der Waals surface area contributed by atoms with Crippen molar-refractivity contribution in [1.29, 1.82) is 5.26 Å². The Balaban J connectivity index is 0.000000265. The molecule has 0 saturated carbocycles. The van der Waals surface area contributed by atoms with Crippen LogP contribution in [0.25, 0.3) is 0 Å². The molecule has 0 unspecified atom stereocenters. The first-order chi connectivity index (χ1) is 7.06. The quantitative estimate of drug-likeness (QED) is 0.393. The van der Waals surface area contributed by atoms with E-state index in [-0.39, 0.29) is 5.49 Å². The van der Waals surface area contributed by atoms with Crippen molar-refractivity contribution in [2.45, 2.75) is 0 Å². The third-order valence-corrected chi connectivity index (χ3v) is 1.42. The maximum absolute atomic E-state index is 9.31. The van der Waals surface area contributed by atoms with Gasteiger partial charge in [0.2, 0.25) is 0 Å². The van der Waals surface area contributed by atoms with E-state index in [9.17, 15) is 8.42 Å². The Hall–Kier alpha value is -2.20. The SMILES string of the molecule is N#Cc1ccccc1.O=[N+]([O-])C=S(=O)=O. The van der Waals surface area contributed by atoms with Crippen LogP contribution in [0.3, 0.4) is 0 Å². The van der Waals surface area contributed by atoms with E-state index < -0.39 is 15.2 Å². The van der Waals surface area contributed by atoms with Crippen LogP contribution >= 0.6 is 0 Å². The van der Waals surface area contributed by atoms with Crippen LogP contribution in [0.5, 0.6) is 0 Å². The Morgan fingerprint density at radius 1 is 1.33 bits per heavy atom. The highest BCUT2D eigenvalue weighted by Gasteiger charge is 1.82. The molecule has 0 atom stereocenters. The summed E-state index contributed by atoms with van der Waals surface area (Å²) in [5.41, 5.74) is 0.688. The summed E-state index contributed by atoms with van der Waals surface area (Å²) in [6, 6.07) is 11.2. The number of nitrogens with zero attached hydrogens (tertiary/aromatic N) is 2. The van der Waals surface area contributed by atoms with Crippen molar-refractivity contribution in [3.05, 3.63) is 46.0 Å². The van der Waals surface area contributed by atoms with Gasteiger partial charge < -0.3 is 0 Å². The van der Waals surface area contributed by atoms with Gasteiger partial charge in [-0.1, -0.05) is 18.2 Å². The first kappa shape index (κ1) is 12.8. The molecule has 0 heterocycles. The number of benzene rings is 1. The van der Waals surface area contributed by atoms with Crippen LogP contribution < -0.4 is 0 Å². The zero-order chi connectivity index (χ0) is 11.7. The van der Waals surface area contributed by atoms with Crippen molar-refractivity contribution in [3.8, 4) is 6.07 Å². The van der Waals surface area contributed by atoms with Crippen LogP contribution in [-0.2, 0) is 10.3 Å². The molecule has 1 aromatic carbocycles. The molecule has 0 bridgehead atoms. The lowest BCUT2D eigenvalue weighted by Crippen LogP contribution is -1.91. The summed E-state index contributed by atoms with van der Waals surface area (Å²) >= 11 is 0. The smallest absolute Gasteiger partial charge is 0.258 e. The van der Waals surface area contributed by atoms with Gasteiger partial charge in [0.1, 0.15) is 0 Å². The Morgan fingerprint density at radius 3 is 2.07 bits per heavy atom. The Bertz CT molecular complexity index is 479. The van der Waals surface area contributed by atoms with Crippen molar-refractivity contribution in [2.75, 3.05) is 0 Å². The molecule has 6 nitrogen and oxygen atoms in total. The normalized spacial score (nSPS) is 7.67. The average Bonchev–Trinajstić information content (AvgIpc) is 2.18. The van der Waals surface area contributed by atoms with Crippen LogP contribution in [0.4, 0.5) is 0 Å². The maximum atomic E-state index is 9.31. The highest BCUT2D eigenvalue weighted by atomic mass is 32.2. The first-order valence-corrected chi connectivity index (χ1v) is 4.71. The fourth-order valence-electron chi connectivity index (χ4n) is 0.583. The van der Waals surface area contributed by atoms with Crippen molar-refractivity contribution < 1.29 is 13.3 Å². The zero-order valence-electron chi connectivity index (χ0n) is 7.40. The van der Waals surface area contributed by atoms with Gasteiger partial charge in [0.15, 0.2) is 0 Å². The Labute approximate surface area is 87.1 Å². The van der Waals surface area contributed by atoms with Crippen molar-refractivity contribution in [1.82, 2.24) is 0 Å². The van der Waals surface area contributed by atoms with Gasteiger partial charge in [0.05, 0.1) is 16.6 Å². The summed E-state index contributed by atoms with van der Waals surface area (Å²) in [6.07, 6.45) is 0. The van der Waals surface area contributed by atoms with Crippen LogP contribution in [0.1, 0.15) is 5.56 Å². The lowest BCUT2D eigenvalue weighted by Gasteiger charge is -1.80. The molecule has 0 spiro atoms. The molecule has 15 heavy (non-hydrogen) atoms. The summed E-state index contributed by atoms with van der Waals surface area (Å²) in [6.45, 7) is 0. The summed E-state index contributed by atoms with van der Waals surface area (Å²) < 4.78 is 18.6. The van der Waals surface area contributed by atoms with Crippen molar-refractivity contribution in [3.63, 3.8) is 0 Å². The maximum Gasteiger partial charge on any atom is 0.351 e. The standard InChI is InChI=1S/C7H5N.CHNO4S/c8-6-7-4-2-1-3-5-7;3-2(4)1-7(5)6/h1-5H;1H. The van der Waals surface area contributed by atoms with Gasteiger partial charge in [-0.3, -0.25) is 10.1 Å². The predicted octanol–water partition coefficient (Wildman–Crippen LogP) is 0.460. The second-order valence-corrected chi connectivity index (χ2v) is 2.86. The van der Waals surface area contributed by atoms with E-state index in [1.54, 1.807) is 12.1 Å². The number of rotatable bonds is 1. The van der Waals surface area contributed by atoms with Crippen LogP contribution in [0, 0.1) is 21.4 Å². The van der Waals surface area contributed by atoms with Gasteiger partial charge in [-0.2, -0.15) is 13.7 Å².